The third kappa shape index (κ3) is 5.50. The molecule has 0 radical (unpaired) electrons. The SMILES string of the molecule is COc1ccc(CNC(=O)C2(C)CCN(C(=O)Nc3ccc(Br)cc3)CC2)cc1. The van der Waals surface area contributed by atoms with E-state index in [0.717, 1.165) is 21.5 Å². The summed E-state index contributed by atoms with van der Waals surface area (Å²) in [7, 11) is 1.63. The molecule has 3 amide bonds. The third-order valence-electron chi connectivity index (χ3n) is 5.41. The molecule has 2 aromatic carbocycles. The van der Waals surface area contributed by atoms with Gasteiger partial charge in [-0.05, 0) is 54.8 Å². The predicted molar refractivity (Wildman–Crippen MR) is 117 cm³/mol. The average Bonchev–Trinajstić information content (AvgIpc) is 2.74. The minimum atomic E-state index is -0.471. The van der Waals surface area contributed by atoms with Gasteiger partial charge in [0.2, 0.25) is 5.91 Å². The number of nitrogens with zero attached hydrogens (tertiary/aromatic N) is 1. The summed E-state index contributed by atoms with van der Waals surface area (Å²) in [6.07, 6.45) is 1.27. The van der Waals surface area contributed by atoms with Crippen LogP contribution in [-0.2, 0) is 11.3 Å². The molecule has 154 valence electrons. The molecule has 1 fully saturated rings. The normalized spacial score (nSPS) is 15.5. The largest absolute Gasteiger partial charge is 0.497 e. The van der Waals surface area contributed by atoms with Crippen molar-refractivity contribution in [2.45, 2.75) is 26.3 Å². The van der Waals surface area contributed by atoms with Crippen molar-refractivity contribution in [3.05, 3.63) is 58.6 Å². The summed E-state index contributed by atoms with van der Waals surface area (Å²) in [5.74, 6) is 0.821. The molecule has 1 heterocycles. The van der Waals surface area contributed by atoms with E-state index in [9.17, 15) is 9.59 Å². The summed E-state index contributed by atoms with van der Waals surface area (Å²) in [4.78, 5) is 27.0. The number of methoxy groups -OCH3 is 1. The smallest absolute Gasteiger partial charge is 0.321 e. The number of nitrogens with one attached hydrogen (secondary N) is 2. The van der Waals surface area contributed by atoms with E-state index in [1.165, 1.54) is 0 Å². The fourth-order valence-corrected chi connectivity index (χ4v) is 3.57. The van der Waals surface area contributed by atoms with Crippen molar-refractivity contribution in [3.8, 4) is 5.75 Å². The van der Waals surface area contributed by atoms with Crippen LogP contribution in [0.1, 0.15) is 25.3 Å². The standard InChI is InChI=1S/C22H26BrN3O3/c1-22(20(27)24-15-16-3-9-19(29-2)10-4-16)11-13-26(14-12-22)21(28)25-18-7-5-17(23)6-8-18/h3-10H,11-15H2,1-2H3,(H,24,27)(H,25,28). The van der Waals surface area contributed by atoms with Crippen molar-refractivity contribution in [2.75, 3.05) is 25.5 Å². The fraction of sp³-hybridized carbons (Fsp3) is 0.364. The van der Waals surface area contributed by atoms with Gasteiger partial charge < -0.3 is 20.3 Å². The second-order valence-corrected chi connectivity index (χ2v) is 8.43. The van der Waals surface area contributed by atoms with Gasteiger partial charge in [0, 0.05) is 35.2 Å². The van der Waals surface area contributed by atoms with Gasteiger partial charge in [0.25, 0.3) is 0 Å². The van der Waals surface area contributed by atoms with Gasteiger partial charge in [0.05, 0.1) is 7.11 Å². The van der Waals surface area contributed by atoms with Crippen LogP contribution < -0.4 is 15.4 Å². The van der Waals surface area contributed by atoms with Crippen LogP contribution in [0.4, 0.5) is 10.5 Å². The molecule has 0 aromatic heterocycles. The molecule has 0 saturated carbocycles. The number of piperidine rings is 1. The van der Waals surface area contributed by atoms with E-state index in [-0.39, 0.29) is 11.9 Å². The number of halogens is 1. The maximum atomic E-state index is 12.8. The van der Waals surface area contributed by atoms with Crippen molar-refractivity contribution >= 4 is 33.6 Å². The molecule has 2 N–H and O–H groups in total. The second-order valence-electron chi connectivity index (χ2n) is 7.52. The Bertz CT molecular complexity index is 845. The van der Waals surface area contributed by atoms with Crippen LogP contribution in [0.2, 0.25) is 0 Å². The summed E-state index contributed by atoms with van der Waals surface area (Å²) in [6, 6.07) is 15.0. The predicted octanol–water partition coefficient (Wildman–Crippen LogP) is 4.41. The lowest BCUT2D eigenvalue weighted by Crippen LogP contribution is -2.49. The highest BCUT2D eigenvalue weighted by molar-refractivity contribution is 9.10. The molecule has 7 heteroatoms. The molecule has 1 aliphatic heterocycles. The number of urea groups is 1. The van der Waals surface area contributed by atoms with E-state index >= 15 is 0 Å². The summed E-state index contributed by atoms with van der Waals surface area (Å²) >= 11 is 3.38. The molecule has 1 aliphatic rings. The number of carbonyl (C=O) groups excluding carboxylic acids is 2. The highest BCUT2D eigenvalue weighted by Crippen LogP contribution is 2.31. The van der Waals surface area contributed by atoms with E-state index in [0.29, 0.717) is 32.5 Å². The first-order chi connectivity index (χ1) is 13.9. The minimum Gasteiger partial charge on any atom is -0.497 e. The first kappa shape index (κ1) is 21.2. The van der Waals surface area contributed by atoms with Gasteiger partial charge in [-0.25, -0.2) is 4.79 Å². The molecule has 0 unspecified atom stereocenters. The van der Waals surface area contributed by atoms with Crippen LogP contribution >= 0.6 is 15.9 Å². The van der Waals surface area contributed by atoms with Crippen LogP contribution in [0.15, 0.2) is 53.0 Å². The fourth-order valence-electron chi connectivity index (χ4n) is 3.31. The van der Waals surface area contributed by atoms with Gasteiger partial charge in [0.1, 0.15) is 5.75 Å². The van der Waals surface area contributed by atoms with Gasteiger partial charge in [-0.1, -0.05) is 35.0 Å². The number of carbonyl (C=O) groups is 2. The van der Waals surface area contributed by atoms with E-state index in [4.69, 9.17) is 4.74 Å². The molecule has 2 aromatic rings. The maximum absolute atomic E-state index is 12.8. The van der Waals surface area contributed by atoms with Crippen LogP contribution in [0.5, 0.6) is 5.75 Å². The Morgan fingerprint density at radius 3 is 2.28 bits per heavy atom. The van der Waals surface area contributed by atoms with Gasteiger partial charge in [0.15, 0.2) is 0 Å². The Morgan fingerprint density at radius 2 is 1.69 bits per heavy atom. The second kappa shape index (κ2) is 9.31. The molecule has 3 rings (SSSR count). The summed E-state index contributed by atoms with van der Waals surface area (Å²) < 4.78 is 6.11. The molecular formula is C22H26BrN3O3. The van der Waals surface area contributed by atoms with Crippen LogP contribution in [0.3, 0.4) is 0 Å². The Morgan fingerprint density at radius 1 is 1.07 bits per heavy atom. The molecule has 0 aliphatic carbocycles. The topological polar surface area (TPSA) is 70.7 Å². The summed E-state index contributed by atoms with van der Waals surface area (Å²) in [5, 5.41) is 5.94. The Hall–Kier alpha value is -2.54. The quantitative estimate of drug-likeness (QED) is 0.695. The first-order valence-electron chi connectivity index (χ1n) is 9.62. The van der Waals surface area contributed by atoms with Gasteiger partial charge in [-0.15, -0.1) is 0 Å². The molecule has 0 bridgehead atoms. The number of benzene rings is 2. The van der Waals surface area contributed by atoms with E-state index in [1.807, 2.05) is 55.5 Å². The lowest BCUT2D eigenvalue weighted by Gasteiger charge is -2.38. The highest BCUT2D eigenvalue weighted by Gasteiger charge is 2.37. The number of amides is 3. The number of anilines is 1. The Labute approximate surface area is 179 Å². The molecule has 0 atom stereocenters. The van der Waals surface area contributed by atoms with Crippen molar-refractivity contribution in [2.24, 2.45) is 5.41 Å². The van der Waals surface area contributed by atoms with Crippen LogP contribution in [0.25, 0.3) is 0 Å². The number of hydrogen-bond donors (Lipinski definition) is 2. The monoisotopic (exact) mass is 459 g/mol. The van der Waals surface area contributed by atoms with Crippen LogP contribution in [0, 0.1) is 5.41 Å². The van der Waals surface area contributed by atoms with E-state index in [2.05, 4.69) is 26.6 Å². The molecule has 6 nitrogen and oxygen atoms in total. The Balaban J connectivity index is 1.48. The lowest BCUT2D eigenvalue weighted by atomic mass is 9.79. The lowest BCUT2D eigenvalue weighted by molar-refractivity contribution is -0.132. The summed E-state index contributed by atoms with van der Waals surface area (Å²) in [5.41, 5.74) is 1.30. The van der Waals surface area contributed by atoms with Crippen molar-refractivity contribution < 1.29 is 14.3 Å². The zero-order valence-electron chi connectivity index (χ0n) is 16.7. The number of ether oxygens (including phenoxy) is 1. The van der Waals surface area contributed by atoms with Crippen molar-refractivity contribution in [3.63, 3.8) is 0 Å². The van der Waals surface area contributed by atoms with E-state index in [1.54, 1.807) is 12.0 Å². The molecule has 1 saturated heterocycles. The van der Waals surface area contributed by atoms with Gasteiger partial charge in [-0.3, -0.25) is 4.79 Å². The zero-order chi connectivity index (χ0) is 20.9. The van der Waals surface area contributed by atoms with Crippen molar-refractivity contribution in [1.29, 1.82) is 0 Å². The maximum Gasteiger partial charge on any atom is 0.321 e. The average molecular weight is 460 g/mol. The molecule has 0 spiro atoms. The van der Waals surface area contributed by atoms with E-state index < -0.39 is 5.41 Å². The number of rotatable bonds is 5. The van der Waals surface area contributed by atoms with Crippen molar-refractivity contribution in [1.82, 2.24) is 10.2 Å². The molecular weight excluding hydrogens is 434 g/mol. The van der Waals surface area contributed by atoms with Gasteiger partial charge in [-0.2, -0.15) is 0 Å². The third-order valence-corrected chi connectivity index (χ3v) is 5.94. The van der Waals surface area contributed by atoms with Gasteiger partial charge >= 0.3 is 6.03 Å². The summed E-state index contributed by atoms with van der Waals surface area (Å²) in [6.45, 7) is 3.55. The highest BCUT2D eigenvalue weighted by atomic mass is 79.9. The first-order valence-corrected chi connectivity index (χ1v) is 10.4. The zero-order valence-corrected chi connectivity index (χ0v) is 18.3. The minimum absolute atomic E-state index is 0.0290. The van der Waals surface area contributed by atoms with Crippen LogP contribution in [-0.4, -0.2) is 37.0 Å². The molecule has 29 heavy (non-hydrogen) atoms. The number of likely N-dealkylation sites (tertiary alicyclic amines) is 1. The Kier molecular flexibility index (Phi) is 6.79. The number of hydrogen-bond acceptors (Lipinski definition) is 3.